The number of nitrogens with one attached hydrogen (secondary N) is 1. The molecule has 0 radical (unpaired) electrons. The van der Waals surface area contributed by atoms with Crippen LogP contribution in [0.25, 0.3) is 0 Å². The van der Waals surface area contributed by atoms with Crippen molar-refractivity contribution in [1.29, 1.82) is 0 Å². The van der Waals surface area contributed by atoms with E-state index < -0.39 is 22.7 Å². The molecule has 2 atom stereocenters. The first-order valence-electron chi connectivity index (χ1n) is 20.4. The number of nitrogens with zero attached hydrogens (tertiary/aromatic N) is 2. The average molecular weight is 845 g/mol. The maximum absolute atomic E-state index is 14.0. The fourth-order valence-electron chi connectivity index (χ4n) is 6.59. The minimum absolute atomic E-state index is 0.0239. The summed E-state index contributed by atoms with van der Waals surface area (Å²) in [5.74, 6) is 0.854. The van der Waals surface area contributed by atoms with Crippen LogP contribution in [0.15, 0.2) is 24.3 Å². The fraction of sp³-hybridized carbons (Fsp3) is 0.643. The van der Waals surface area contributed by atoms with Gasteiger partial charge in [-0.2, -0.15) is 0 Å². The van der Waals surface area contributed by atoms with Crippen molar-refractivity contribution in [3.05, 3.63) is 35.4 Å². The number of carboxylic acid groups (broad SMARTS) is 1. The third-order valence-corrected chi connectivity index (χ3v) is 21.3. The van der Waals surface area contributed by atoms with Gasteiger partial charge in [-0.05, 0) is 74.1 Å². The summed E-state index contributed by atoms with van der Waals surface area (Å²) in [6.45, 7) is 24.4. The zero-order valence-electron chi connectivity index (χ0n) is 36.8. The average Bonchev–Trinajstić information content (AvgIpc) is 3.81. The molecule has 2 fully saturated rings. The molecule has 2 heterocycles. The second-order valence-electron chi connectivity index (χ2n) is 18.4. The van der Waals surface area contributed by atoms with Gasteiger partial charge >= 0.3 is 6.09 Å². The van der Waals surface area contributed by atoms with Crippen LogP contribution in [-0.4, -0.2) is 115 Å². The molecule has 16 heteroatoms. The molecule has 2 aromatic carbocycles. The Hall–Kier alpha value is -4.00. The van der Waals surface area contributed by atoms with Gasteiger partial charge in [-0.25, -0.2) is 4.79 Å². The molecule has 0 aromatic heterocycles. The van der Waals surface area contributed by atoms with Crippen LogP contribution in [0, 0.1) is 0 Å². The zero-order chi connectivity index (χ0) is 43.2. The number of nitrogen functional groups attached to an aromatic ring is 1. The summed E-state index contributed by atoms with van der Waals surface area (Å²) >= 11 is 0. The smallest absolute Gasteiger partial charge is 0.409 e. The minimum Gasteiger partial charge on any atom is -0.493 e. The zero-order valence-corrected chi connectivity index (χ0v) is 38.8. The van der Waals surface area contributed by atoms with Crippen LogP contribution in [0.4, 0.5) is 16.2 Å². The Bertz CT molecular complexity index is 1780. The molecule has 0 aliphatic carbocycles. The molecule has 0 bridgehead atoms. The van der Waals surface area contributed by atoms with Crippen molar-refractivity contribution >= 4 is 45.9 Å². The quantitative estimate of drug-likeness (QED) is 0.0793. The van der Waals surface area contributed by atoms with Crippen LogP contribution in [0.5, 0.6) is 23.0 Å². The van der Waals surface area contributed by atoms with E-state index in [1.807, 2.05) is 4.90 Å². The Kier molecular flexibility index (Phi) is 15.2. The molecule has 2 aliphatic heterocycles. The number of hydrogen-bond acceptors (Lipinski definition) is 10. The molecule has 2 aliphatic rings. The Labute approximate surface area is 347 Å². The molecule has 2 saturated heterocycles. The standard InChI is InChI=1S/C42H68N4O10Si2/c1-41(2,3)57(9,10)55-26-28-16-13-18-45(28)38(47)30-22-34(51-7)36(24-32(30)43)53-20-15-21-54-37-25-33(44-40(49)50)31(23-35(37)52-8)39(48)46-19-14-17-29(46)27-56-58(11,12)42(4,5)6/h22-25,28-29,44H,13-21,26-27,43H2,1-12H3,(H,49,50)/t28-,29-/m0/s1. The number of nitrogens with two attached hydrogens (primary N) is 1. The lowest BCUT2D eigenvalue weighted by molar-refractivity contribution is 0.0678. The lowest BCUT2D eigenvalue weighted by Gasteiger charge is -2.38. The first kappa shape index (κ1) is 46.7. The molecule has 4 rings (SSSR count). The van der Waals surface area contributed by atoms with Gasteiger partial charge < -0.3 is 48.4 Å². The SMILES string of the molecule is COc1cc(C(=O)N2CCC[C@H]2CO[Si](C)(C)C(C)(C)C)c(N)cc1OCCCOc1cc(NC(=O)O)c(C(=O)N2CCC[C@H]2CO[Si](C)(C)C(C)(C)C)cc1OC. The summed E-state index contributed by atoms with van der Waals surface area (Å²) in [5, 5.41) is 12.2. The van der Waals surface area contributed by atoms with E-state index in [1.165, 1.54) is 26.4 Å². The lowest BCUT2D eigenvalue weighted by atomic mass is 10.1. The van der Waals surface area contributed by atoms with Crippen molar-refractivity contribution in [1.82, 2.24) is 9.80 Å². The van der Waals surface area contributed by atoms with E-state index in [9.17, 15) is 19.5 Å². The summed E-state index contributed by atoms with van der Waals surface area (Å²) in [6.07, 6.45) is 2.51. The molecule has 2 aromatic rings. The van der Waals surface area contributed by atoms with Gasteiger partial charge in [0.1, 0.15) is 0 Å². The van der Waals surface area contributed by atoms with Gasteiger partial charge in [0.05, 0.1) is 69.5 Å². The third kappa shape index (κ3) is 11.2. The highest BCUT2D eigenvalue weighted by atomic mass is 28.4. The molecule has 0 unspecified atom stereocenters. The van der Waals surface area contributed by atoms with E-state index in [2.05, 4.69) is 73.0 Å². The molecule has 3 amide bonds. The summed E-state index contributed by atoms with van der Waals surface area (Å²) in [5.41, 5.74) is 7.35. The summed E-state index contributed by atoms with van der Waals surface area (Å²) in [6, 6.07) is 6.08. The Morgan fingerprint density at radius 3 is 1.59 bits per heavy atom. The number of carbonyl (C=O) groups is 3. The topological polar surface area (TPSA) is 171 Å². The first-order valence-corrected chi connectivity index (χ1v) is 26.2. The van der Waals surface area contributed by atoms with Gasteiger partial charge in [-0.1, -0.05) is 41.5 Å². The highest BCUT2D eigenvalue weighted by Gasteiger charge is 2.41. The van der Waals surface area contributed by atoms with E-state index in [4.69, 9.17) is 33.5 Å². The van der Waals surface area contributed by atoms with Crippen LogP contribution >= 0.6 is 0 Å². The van der Waals surface area contributed by atoms with Crippen molar-refractivity contribution in [3.63, 3.8) is 0 Å². The van der Waals surface area contributed by atoms with Crippen LogP contribution in [0.2, 0.25) is 36.3 Å². The summed E-state index contributed by atoms with van der Waals surface area (Å²) in [4.78, 5) is 43.3. The summed E-state index contributed by atoms with van der Waals surface area (Å²) < 4.78 is 36.3. The van der Waals surface area contributed by atoms with Crippen molar-refractivity contribution in [3.8, 4) is 23.0 Å². The number of amides is 3. The van der Waals surface area contributed by atoms with E-state index in [0.29, 0.717) is 49.8 Å². The number of rotatable bonds is 17. The van der Waals surface area contributed by atoms with Crippen molar-refractivity contribution < 1.29 is 47.3 Å². The highest BCUT2D eigenvalue weighted by Crippen LogP contribution is 2.40. The Morgan fingerprint density at radius 2 is 1.16 bits per heavy atom. The normalized spacial score (nSPS) is 17.7. The summed E-state index contributed by atoms with van der Waals surface area (Å²) in [7, 11) is -1.05. The van der Waals surface area contributed by atoms with Crippen LogP contribution < -0.4 is 30.0 Å². The Morgan fingerprint density at radius 1 is 0.724 bits per heavy atom. The second kappa shape index (κ2) is 18.9. The first-order chi connectivity index (χ1) is 27.0. The maximum Gasteiger partial charge on any atom is 0.409 e. The minimum atomic E-state index is -2.04. The van der Waals surface area contributed by atoms with E-state index in [0.717, 1.165) is 25.7 Å². The van der Waals surface area contributed by atoms with Crippen LogP contribution in [0.1, 0.15) is 94.4 Å². The van der Waals surface area contributed by atoms with Gasteiger partial charge in [-0.15, -0.1) is 0 Å². The molecule has 14 nitrogen and oxygen atoms in total. The number of methoxy groups -OCH3 is 2. The van der Waals surface area contributed by atoms with Gasteiger partial charge in [-0.3, -0.25) is 14.9 Å². The number of benzene rings is 2. The van der Waals surface area contributed by atoms with Gasteiger partial charge in [0.2, 0.25) is 0 Å². The van der Waals surface area contributed by atoms with Crippen molar-refractivity contribution in [2.24, 2.45) is 0 Å². The highest BCUT2D eigenvalue weighted by molar-refractivity contribution is 6.74. The molecular formula is C42H68N4O10Si2. The third-order valence-electron chi connectivity index (χ3n) is 12.3. The second-order valence-corrected chi connectivity index (χ2v) is 28.0. The maximum atomic E-state index is 14.0. The number of anilines is 2. The fourth-order valence-corrected chi connectivity index (χ4v) is 8.67. The number of likely N-dealkylation sites (tertiary alicyclic amines) is 2. The van der Waals surface area contributed by atoms with Crippen molar-refractivity contribution in [2.45, 2.75) is 122 Å². The predicted molar refractivity (Wildman–Crippen MR) is 232 cm³/mol. The van der Waals surface area contributed by atoms with E-state index in [-0.39, 0.29) is 75.6 Å². The molecule has 58 heavy (non-hydrogen) atoms. The van der Waals surface area contributed by atoms with Gasteiger partial charge in [0, 0.05) is 37.3 Å². The monoisotopic (exact) mass is 844 g/mol. The number of hydrogen-bond donors (Lipinski definition) is 3. The predicted octanol–water partition coefficient (Wildman–Crippen LogP) is 8.48. The van der Waals surface area contributed by atoms with Gasteiger partial charge in [0.15, 0.2) is 39.6 Å². The van der Waals surface area contributed by atoms with Crippen molar-refractivity contribution in [2.75, 3.05) is 64.8 Å². The number of carbonyl (C=O) groups excluding carboxylic acids is 2. The van der Waals surface area contributed by atoms with Crippen LogP contribution in [-0.2, 0) is 8.85 Å². The lowest BCUT2D eigenvalue weighted by Crippen LogP contribution is -2.46. The molecule has 0 saturated carbocycles. The molecule has 0 spiro atoms. The van der Waals surface area contributed by atoms with E-state index >= 15 is 0 Å². The molecule has 4 N–H and O–H groups in total. The van der Waals surface area contributed by atoms with E-state index in [1.54, 1.807) is 17.0 Å². The molecular weight excluding hydrogens is 777 g/mol. The van der Waals surface area contributed by atoms with Gasteiger partial charge in [0.25, 0.3) is 11.8 Å². The van der Waals surface area contributed by atoms with Crippen LogP contribution in [0.3, 0.4) is 0 Å². The molecule has 324 valence electrons. The Balaban J connectivity index is 1.40. The number of ether oxygens (including phenoxy) is 4. The largest absolute Gasteiger partial charge is 0.493 e.